The number of nitrogens with one attached hydrogen (secondary N) is 5. The fourth-order valence-corrected chi connectivity index (χ4v) is 9.92. The van der Waals surface area contributed by atoms with Gasteiger partial charge in [0.05, 0.1) is 42.0 Å². The number of carbonyl (C=O) groups excluding carboxylic acids is 8. The van der Waals surface area contributed by atoms with E-state index in [2.05, 4.69) is 33.2 Å². The number of carbonyl (C=O) groups is 8. The molecule has 4 aromatic carbocycles. The summed E-state index contributed by atoms with van der Waals surface area (Å²) in [7, 11) is 1.28. The molecule has 4 aromatic rings. The third-order valence-corrected chi connectivity index (χ3v) is 14.2. The summed E-state index contributed by atoms with van der Waals surface area (Å²) in [4.78, 5) is 107. The van der Waals surface area contributed by atoms with Crippen LogP contribution in [-0.2, 0) is 57.7 Å². The predicted molar refractivity (Wildman–Crippen MR) is 290 cm³/mol. The Balaban J connectivity index is 0.986. The minimum Gasteiger partial charge on any atom is -0.507 e. The molecule has 24 nitrogen and oxygen atoms in total. The van der Waals surface area contributed by atoms with Gasteiger partial charge in [-0.05, 0) is 61.4 Å². The molecular weight excluding hydrogens is 1070 g/mol. The standard InChI is InChI=1S/C58H67N5O19/c1-6-23-78-55(73)59-22-11-10-16-37(61-54(72)47(30(2)3)63-57(75)80-28-32-13-8-7-9-14-32)53(71)60-34-20-18-33(19-21-34)29-79-56(74)62-38-24-42(81-31(4)48(38)66)82-40-26-58(76,41(65)27-64)25-36-44(40)52(70)46-45(50(36)68)49(67)35-15-12-17-39(77-5)43(35)51(46)69/h6-9,12-15,17-21,30-31,37-38,40,42,47-48,64,66,68,70,76H,1,10-11,16,22-29H2,2-5H3,(H,59,73)(H,60,71)(H,61,72)(H,62,74)(H,63,75). The molecule has 5 amide bonds. The van der Waals surface area contributed by atoms with Crippen molar-refractivity contribution in [2.24, 2.45) is 5.92 Å². The van der Waals surface area contributed by atoms with E-state index < -0.39 is 144 Å². The third kappa shape index (κ3) is 14.4. The van der Waals surface area contributed by atoms with Crippen LogP contribution in [0.3, 0.4) is 0 Å². The summed E-state index contributed by atoms with van der Waals surface area (Å²) >= 11 is 0. The lowest BCUT2D eigenvalue weighted by Gasteiger charge is -2.42. The Hall–Kier alpha value is -8.42. The van der Waals surface area contributed by atoms with Crippen molar-refractivity contribution in [3.63, 3.8) is 0 Å². The van der Waals surface area contributed by atoms with E-state index in [9.17, 15) is 63.9 Å². The molecule has 8 unspecified atom stereocenters. The summed E-state index contributed by atoms with van der Waals surface area (Å²) in [6.07, 6.45) is -7.01. The first kappa shape index (κ1) is 61.2. The van der Waals surface area contributed by atoms with Gasteiger partial charge in [0.2, 0.25) is 17.6 Å². The number of fused-ring (bicyclic) bond motifs is 3. The van der Waals surface area contributed by atoms with Crippen molar-refractivity contribution in [3.8, 4) is 17.2 Å². The maximum absolute atomic E-state index is 14.1. The second-order valence-corrected chi connectivity index (χ2v) is 20.3. The molecule has 0 spiro atoms. The molecule has 2 aliphatic carbocycles. The predicted octanol–water partition coefficient (Wildman–Crippen LogP) is 4.43. The van der Waals surface area contributed by atoms with E-state index in [1.807, 2.05) is 6.07 Å². The highest BCUT2D eigenvalue weighted by atomic mass is 16.7. The van der Waals surface area contributed by atoms with Crippen LogP contribution in [0.2, 0.25) is 0 Å². The first-order valence-electron chi connectivity index (χ1n) is 26.5. The molecule has 0 aromatic heterocycles. The number of amides is 5. The van der Waals surface area contributed by atoms with Gasteiger partial charge in [0.25, 0.3) is 0 Å². The highest BCUT2D eigenvalue weighted by Gasteiger charge is 2.50. The average Bonchev–Trinajstić information content (AvgIpc) is 1.65. The van der Waals surface area contributed by atoms with Crippen LogP contribution in [0.25, 0.3) is 0 Å². The van der Waals surface area contributed by atoms with Gasteiger partial charge in [-0.1, -0.05) is 81.1 Å². The topological polar surface area (TPSA) is 353 Å². The van der Waals surface area contributed by atoms with Gasteiger partial charge < -0.3 is 80.5 Å². The van der Waals surface area contributed by atoms with E-state index in [1.165, 1.54) is 50.4 Å². The summed E-state index contributed by atoms with van der Waals surface area (Å²) in [5.41, 5.74) is -2.88. The number of methoxy groups -OCH3 is 1. The largest absolute Gasteiger partial charge is 0.507 e. The fourth-order valence-electron chi connectivity index (χ4n) is 9.92. The number of anilines is 1. The molecule has 1 aliphatic heterocycles. The van der Waals surface area contributed by atoms with E-state index in [0.29, 0.717) is 24.1 Å². The van der Waals surface area contributed by atoms with Crippen LogP contribution in [0.1, 0.15) is 113 Å². The molecule has 1 saturated heterocycles. The van der Waals surface area contributed by atoms with Crippen molar-refractivity contribution in [2.75, 3.05) is 32.2 Å². The maximum atomic E-state index is 14.1. The van der Waals surface area contributed by atoms with Gasteiger partial charge in [0.1, 0.15) is 67.5 Å². The van der Waals surface area contributed by atoms with Crippen molar-refractivity contribution in [2.45, 2.75) is 121 Å². The van der Waals surface area contributed by atoms with E-state index >= 15 is 0 Å². The first-order chi connectivity index (χ1) is 39.2. The molecule has 8 atom stereocenters. The number of aliphatic hydroxyl groups is 3. The molecular formula is C58H67N5O19. The number of unbranched alkanes of at least 4 members (excludes halogenated alkanes) is 1. The summed E-state index contributed by atoms with van der Waals surface area (Å²) < 4.78 is 33.3. The zero-order valence-electron chi connectivity index (χ0n) is 45.6. The second-order valence-electron chi connectivity index (χ2n) is 20.3. The smallest absolute Gasteiger partial charge is 0.408 e. The van der Waals surface area contributed by atoms with Crippen molar-refractivity contribution in [3.05, 3.63) is 130 Å². The molecule has 10 N–H and O–H groups in total. The van der Waals surface area contributed by atoms with Gasteiger partial charge in [-0.2, -0.15) is 0 Å². The SMILES string of the molecule is C=CCOC(=O)NCCCCC(NC(=O)C(NC(=O)OCc1ccccc1)C(C)C)C(=O)Nc1ccc(COC(=O)NC2CC(OC3CC(O)(C(=O)CO)Cc4c(O)c5c(c(O)c43)C(=O)c3c(OC)cccc3C5=O)OC(C)C2O)cc1. The third-order valence-electron chi connectivity index (χ3n) is 14.2. The number of ether oxygens (including phenoxy) is 6. The van der Waals surface area contributed by atoms with E-state index in [0.717, 1.165) is 5.56 Å². The average molecular weight is 1140 g/mol. The number of alkyl carbamates (subject to hydrolysis) is 3. The molecule has 24 heteroatoms. The van der Waals surface area contributed by atoms with Crippen LogP contribution in [-0.4, -0.2) is 142 Å². The van der Waals surface area contributed by atoms with Gasteiger partial charge >= 0.3 is 18.3 Å². The van der Waals surface area contributed by atoms with Crippen LogP contribution in [0.5, 0.6) is 17.2 Å². The molecule has 1 heterocycles. The number of hydrogen-bond donors (Lipinski definition) is 10. The second kappa shape index (κ2) is 27.4. The van der Waals surface area contributed by atoms with E-state index in [4.69, 9.17) is 28.4 Å². The zero-order chi connectivity index (χ0) is 59.4. The van der Waals surface area contributed by atoms with Gasteiger partial charge in [-0.25, -0.2) is 14.4 Å². The monoisotopic (exact) mass is 1140 g/mol. The number of rotatable bonds is 23. The molecule has 3 aliphatic rings. The van der Waals surface area contributed by atoms with E-state index in [1.54, 1.807) is 50.2 Å². The molecule has 7 rings (SSSR count). The number of aromatic hydroxyl groups is 2. The van der Waals surface area contributed by atoms with Crippen molar-refractivity contribution in [1.82, 2.24) is 21.3 Å². The number of aliphatic hydroxyl groups excluding tert-OH is 2. The Morgan fingerprint density at radius 2 is 1.50 bits per heavy atom. The summed E-state index contributed by atoms with van der Waals surface area (Å²) in [5.74, 6) is -5.99. The normalized spacial score (nSPS) is 20.6. The molecule has 0 bridgehead atoms. The Morgan fingerprint density at radius 3 is 2.17 bits per heavy atom. The highest BCUT2D eigenvalue weighted by Crippen LogP contribution is 2.52. The van der Waals surface area contributed by atoms with Crippen LogP contribution in [0.4, 0.5) is 20.1 Å². The van der Waals surface area contributed by atoms with Gasteiger partial charge in [0, 0.05) is 48.2 Å². The van der Waals surface area contributed by atoms with Crippen molar-refractivity contribution >= 4 is 53.1 Å². The fraction of sp³-hybridized carbons (Fsp3) is 0.414. The Bertz CT molecular complexity index is 3040. The lowest BCUT2D eigenvalue weighted by Crippen LogP contribution is -2.56. The molecule has 0 radical (unpaired) electrons. The lowest BCUT2D eigenvalue weighted by atomic mass is 9.72. The molecule has 0 saturated carbocycles. The maximum Gasteiger partial charge on any atom is 0.408 e. The molecule has 438 valence electrons. The van der Waals surface area contributed by atoms with Gasteiger partial charge in [-0.15, -0.1) is 0 Å². The Kier molecular flexibility index (Phi) is 20.4. The number of phenols is 2. The minimum absolute atomic E-state index is 0.0241. The van der Waals surface area contributed by atoms with E-state index in [-0.39, 0.29) is 67.2 Å². The highest BCUT2D eigenvalue weighted by molar-refractivity contribution is 6.31. The van der Waals surface area contributed by atoms with Crippen LogP contribution in [0.15, 0.2) is 85.5 Å². The van der Waals surface area contributed by atoms with Crippen molar-refractivity contribution < 1.29 is 92.3 Å². The van der Waals surface area contributed by atoms with Crippen LogP contribution < -0.4 is 31.3 Å². The number of phenolic OH excluding ortho intramolecular Hbond substituents is 2. The van der Waals surface area contributed by atoms with Gasteiger partial charge in [-0.3, -0.25) is 24.0 Å². The van der Waals surface area contributed by atoms with Gasteiger partial charge in [0.15, 0.2) is 17.9 Å². The summed E-state index contributed by atoms with van der Waals surface area (Å²) in [5, 5.41) is 69.6. The number of ketones is 3. The molecule has 1 fully saturated rings. The summed E-state index contributed by atoms with van der Waals surface area (Å²) in [6, 6.07) is 16.1. The number of hydrogen-bond acceptors (Lipinski definition) is 19. The number of Topliss-reactive ketones (excluding diaryl/α,β-unsaturated/α-hetero) is 1. The van der Waals surface area contributed by atoms with Crippen molar-refractivity contribution in [1.29, 1.82) is 0 Å². The number of benzene rings is 4. The Labute approximate surface area is 471 Å². The summed E-state index contributed by atoms with van der Waals surface area (Å²) in [6.45, 7) is 7.21. The molecule has 82 heavy (non-hydrogen) atoms. The zero-order valence-corrected chi connectivity index (χ0v) is 45.6. The van der Waals surface area contributed by atoms with Crippen LogP contribution >= 0.6 is 0 Å². The van der Waals surface area contributed by atoms with Crippen LogP contribution in [0, 0.1) is 5.92 Å². The lowest BCUT2D eigenvalue weighted by molar-refractivity contribution is -0.249. The first-order valence-corrected chi connectivity index (χ1v) is 26.5. The minimum atomic E-state index is -2.42. The Morgan fingerprint density at radius 1 is 0.817 bits per heavy atom. The quantitative estimate of drug-likeness (QED) is 0.0187.